The summed E-state index contributed by atoms with van der Waals surface area (Å²) in [6.07, 6.45) is 0. The van der Waals surface area contributed by atoms with Crippen molar-refractivity contribution >= 4 is 11.9 Å². The summed E-state index contributed by atoms with van der Waals surface area (Å²) in [6, 6.07) is 1.57. The van der Waals surface area contributed by atoms with E-state index in [1.54, 1.807) is 5.48 Å². The van der Waals surface area contributed by atoms with Gasteiger partial charge in [-0.15, -0.1) is 0 Å². The highest BCUT2D eigenvalue weighted by molar-refractivity contribution is 5.94. The maximum atomic E-state index is 13.2. The van der Waals surface area contributed by atoms with Crippen LogP contribution in [-0.4, -0.2) is 23.6 Å². The van der Waals surface area contributed by atoms with Gasteiger partial charge in [0, 0.05) is 6.07 Å². The Morgan fingerprint density at radius 3 is 2.59 bits per heavy atom. The van der Waals surface area contributed by atoms with Crippen LogP contribution in [0.15, 0.2) is 12.1 Å². The molecular weight excluding hydrogens is 236 g/mol. The lowest BCUT2D eigenvalue weighted by atomic mass is 10.1. The zero-order valence-electron chi connectivity index (χ0n) is 8.79. The van der Waals surface area contributed by atoms with Gasteiger partial charge in [0.1, 0.15) is 11.6 Å². The molecule has 0 heterocycles. The highest BCUT2D eigenvalue weighted by Crippen LogP contribution is 2.13. The Kier molecular flexibility index (Phi) is 4.11. The van der Waals surface area contributed by atoms with Gasteiger partial charge in [0.05, 0.1) is 5.56 Å². The molecule has 0 spiro atoms. The number of benzene rings is 1. The third-order valence-corrected chi connectivity index (χ3v) is 1.85. The summed E-state index contributed by atoms with van der Waals surface area (Å²) in [5, 5.41) is 8.23. The van der Waals surface area contributed by atoms with Crippen LogP contribution in [0.1, 0.15) is 15.9 Å². The molecule has 0 unspecified atom stereocenters. The minimum absolute atomic E-state index is 0.0924. The summed E-state index contributed by atoms with van der Waals surface area (Å²) in [7, 11) is 0. The lowest BCUT2D eigenvalue weighted by Gasteiger charge is -2.06. The predicted molar refractivity (Wildman–Crippen MR) is 52.1 cm³/mol. The SMILES string of the molecule is Cc1cc(C(=O)NOCC(=O)O)c(F)cc1F. The van der Waals surface area contributed by atoms with E-state index in [1.165, 1.54) is 6.92 Å². The Hall–Kier alpha value is -2.02. The average Bonchev–Trinajstić information content (AvgIpc) is 2.22. The first kappa shape index (κ1) is 13.0. The van der Waals surface area contributed by atoms with Crippen LogP contribution in [-0.2, 0) is 9.63 Å². The largest absolute Gasteiger partial charge is 0.479 e. The lowest BCUT2D eigenvalue weighted by molar-refractivity contribution is -0.144. The molecule has 92 valence electrons. The molecule has 2 N–H and O–H groups in total. The maximum absolute atomic E-state index is 13.2. The first-order valence-corrected chi connectivity index (χ1v) is 4.51. The van der Waals surface area contributed by atoms with E-state index in [-0.39, 0.29) is 5.56 Å². The predicted octanol–water partition coefficient (Wildman–Crippen LogP) is 1.02. The number of carboxylic acids is 1. The number of halogens is 2. The zero-order valence-corrected chi connectivity index (χ0v) is 8.79. The van der Waals surface area contributed by atoms with Crippen LogP contribution in [0.2, 0.25) is 0 Å². The number of carboxylic acid groups (broad SMARTS) is 1. The van der Waals surface area contributed by atoms with Gasteiger partial charge >= 0.3 is 5.97 Å². The van der Waals surface area contributed by atoms with Crippen LogP contribution in [0, 0.1) is 18.6 Å². The third kappa shape index (κ3) is 3.49. The van der Waals surface area contributed by atoms with Crippen LogP contribution in [0.3, 0.4) is 0 Å². The zero-order chi connectivity index (χ0) is 13.0. The molecule has 0 aliphatic rings. The first-order valence-electron chi connectivity index (χ1n) is 4.51. The second-order valence-corrected chi connectivity index (χ2v) is 3.19. The normalized spacial score (nSPS) is 10.1. The maximum Gasteiger partial charge on any atom is 0.332 e. The highest BCUT2D eigenvalue weighted by atomic mass is 19.1. The van der Waals surface area contributed by atoms with Gasteiger partial charge < -0.3 is 5.11 Å². The van der Waals surface area contributed by atoms with Gasteiger partial charge in [0.25, 0.3) is 5.91 Å². The molecule has 1 amide bonds. The van der Waals surface area contributed by atoms with Crippen molar-refractivity contribution in [3.8, 4) is 0 Å². The fourth-order valence-corrected chi connectivity index (χ4v) is 1.05. The molecule has 0 saturated heterocycles. The second kappa shape index (κ2) is 5.35. The van der Waals surface area contributed by atoms with E-state index in [9.17, 15) is 18.4 Å². The molecule has 0 aliphatic carbocycles. The molecule has 1 aromatic carbocycles. The van der Waals surface area contributed by atoms with Gasteiger partial charge in [0.2, 0.25) is 0 Å². The molecule has 7 heteroatoms. The monoisotopic (exact) mass is 245 g/mol. The number of amides is 1. The molecular formula is C10H9F2NO4. The summed E-state index contributed by atoms with van der Waals surface area (Å²) < 4.78 is 26.1. The summed E-state index contributed by atoms with van der Waals surface area (Å²) in [6.45, 7) is 0.608. The number of hydrogen-bond acceptors (Lipinski definition) is 3. The van der Waals surface area contributed by atoms with Gasteiger partial charge in [-0.3, -0.25) is 9.63 Å². The van der Waals surface area contributed by atoms with Crippen molar-refractivity contribution < 1.29 is 28.3 Å². The lowest BCUT2D eigenvalue weighted by Crippen LogP contribution is -2.27. The highest BCUT2D eigenvalue weighted by Gasteiger charge is 2.14. The quantitative estimate of drug-likeness (QED) is 0.776. The summed E-state index contributed by atoms with van der Waals surface area (Å²) >= 11 is 0. The van der Waals surface area contributed by atoms with Gasteiger partial charge in [-0.1, -0.05) is 0 Å². The molecule has 0 aliphatic heterocycles. The standard InChI is InChI=1S/C10H9F2NO4/c1-5-2-6(8(12)3-7(5)11)10(16)13-17-4-9(14)15/h2-3H,4H2,1H3,(H,13,16)(H,14,15). The number of aryl methyl sites for hydroxylation is 1. The minimum atomic E-state index is -1.29. The number of hydrogen-bond donors (Lipinski definition) is 2. The van der Waals surface area contributed by atoms with Crippen LogP contribution >= 0.6 is 0 Å². The number of carbonyl (C=O) groups is 2. The summed E-state index contributed by atoms with van der Waals surface area (Å²) in [5.41, 5.74) is 1.41. The molecule has 0 atom stereocenters. The molecule has 0 fully saturated rings. The molecule has 1 rings (SSSR count). The van der Waals surface area contributed by atoms with E-state index >= 15 is 0 Å². The fourth-order valence-electron chi connectivity index (χ4n) is 1.05. The van der Waals surface area contributed by atoms with E-state index < -0.39 is 35.7 Å². The topological polar surface area (TPSA) is 75.6 Å². The van der Waals surface area contributed by atoms with Gasteiger partial charge in [-0.2, -0.15) is 0 Å². The molecule has 0 aromatic heterocycles. The number of rotatable bonds is 4. The fraction of sp³-hybridized carbons (Fsp3) is 0.200. The van der Waals surface area contributed by atoms with Crippen LogP contribution in [0.4, 0.5) is 8.78 Å². The van der Waals surface area contributed by atoms with Crippen molar-refractivity contribution in [2.45, 2.75) is 6.92 Å². The molecule has 0 saturated carbocycles. The van der Waals surface area contributed by atoms with Crippen molar-refractivity contribution in [3.63, 3.8) is 0 Å². The van der Waals surface area contributed by atoms with Crippen LogP contribution < -0.4 is 5.48 Å². The van der Waals surface area contributed by atoms with Gasteiger partial charge in [0.15, 0.2) is 6.61 Å². The van der Waals surface area contributed by atoms with Crippen LogP contribution in [0.5, 0.6) is 0 Å². The van der Waals surface area contributed by atoms with Gasteiger partial charge in [-0.05, 0) is 18.6 Å². The Bertz CT molecular complexity index is 462. The van der Waals surface area contributed by atoms with E-state index in [2.05, 4.69) is 4.84 Å². The minimum Gasteiger partial charge on any atom is -0.479 e. The van der Waals surface area contributed by atoms with Crippen molar-refractivity contribution in [1.82, 2.24) is 5.48 Å². The Morgan fingerprint density at radius 2 is 2.00 bits per heavy atom. The Morgan fingerprint density at radius 1 is 1.35 bits per heavy atom. The summed E-state index contributed by atoms with van der Waals surface area (Å²) in [5.74, 6) is -4.09. The second-order valence-electron chi connectivity index (χ2n) is 3.19. The molecule has 0 radical (unpaired) electrons. The number of carbonyl (C=O) groups excluding carboxylic acids is 1. The van der Waals surface area contributed by atoms with Crippen LogP contribution in [0.25, 0.3) is 0 Å². The number of nitrogens with one attached hydrogen (secondary N) is 1. The Balaban J connectivity index is 2.75. The smallest absolute Gasteiger partial charge is 0.332 e. The van der Waals surface area contributed by atoms with Crippen molar-refractivity contribution in [3.05, 3.63) is 34.9 Å². The van der Waals surface area contributed by atoms with Crippen molar-refractivity contribution in [2.24, 2.45) is 0 Å². The molecule has 1 aromatic rings. The van der Waals surface area contributed by atoms with Crippen molar-refractivity contribution in [1.29, 1.82) is 0 Å². The number of aliphatic carboxylic acids is 1. The van der Waals surface area contributed by atoms with E-state index in [0.717, 1.165) is 6.07 Å². The molecule has 17 heavy (non-hydrogen) atoms. The van der Waals surface area contributed by atoms with E-state index in [4.69, 9.17) is 5.11 Å². The summed E-state index contributed by atoms with van der Waals surface area (Å²) in [4.78, 5) is 25.7. The van der Waals surface area contributed by atoms with E-state index in [1.807, 2.05) is 0 Å². The number of hydroxylamine groups is 1. The first-order chi connectivity index (χ1) is 7.91. The van der Waals surface area contributed by atoms with E-state index in [0.29, 0.717) is 6.07 Å². The average molecular weight is 245 g/mol. The molecule has 5 nitrogen and oxygen atoms in total. The Labute approximate surface area is 95.0 Å². The third-order valence-electron chi connectivity index (χ3n) is 1.85. The molecule has 0 bridgehead atoms. The van der Waals surface area contributed by atoms with Gasteiger partial charge in [-0.25, -0.2) is 19.1 Å². The van der Waals surface area contributed by atoms with Crippen molar-refractivity contribution in [2.75, 3.05) is 6.61 Å².